The molecule has 0 heterocycles. The van der Waals surface area contributed by atoms with E-state index in [2.05, 4.69) is 6.42 Å². The summed E-state index contributed by atoms with van der Waals surface area (Å²) in [5.41, 5.74) is 0. The molecule has 0 aromatic rings. The van der Waals surface area contributed by atoms with Crippen LogP contribution in [0.25, 0.3) is 0 Å². The van der Waals surface area contributed by atoms with Gasteiger partial charge in [-0.2, -0.15) is 0 Å². The van der Waals surface area contributed by atoms with E-state index in [-0.39, 0.29) is 19.3 Å². The van der Waals surface area contributed by atoms with Crippen LogP contribution in [0.5, 0.6) is 0 Å². The average Bonchev–Trinajstić information content (AvgIpc) is 2.16. The van der Waals surface area contributed by atoms with Crippen molar-refractivity contribution >= 4 is 0 Å². The Hall–Kier alpha value is -0.120. The number of rotatable bonds is 4. The average molecular weight is 173 g/mol. The fourth-order valence-corrected chi connectivity index (χ4v) is 1.36. The zero-order valence-electron chi connectivity index (χ0n) is 7.28. The number of aliphatic hydroxyl groups is 2. The molecule has 0 amide bonds. The van der Waals surface area contributed by atoms with Crippen LogP contribution in [0.3, 0.4) is 0 Å². The minimum absolute atomic E-state index is 0.212. The molecule has 0 saturated heterocycles. The lowest BCUT2D eigenvalue weighted by Crippen LogP contribution is -2.25. The summed E-state index contributed by atoms with van der Waals surface area (Å²) in [5, 5.41) is 17.5. The highest BCUT2D eigenvalue weighted by atomic mass is 16.5. The maximum atomic E-state index is 9.00. The van der Waals surface area contributed by atoms with E-state index in [4.69, 9.17) is 14.9 Å². The normalized spacial score (nSPS) is 22.5. The summed E-state index contributed by atoms with van der Waals surface area (Å²) in [6.45, 7) is 0.0471. The summed E-state index contributed by atoms with van der Waals surface area (Å²) in [6.07, 6.45) is 6.20. The number of hydrogen-bond donors (Lipinski definition) is 2. The van der Waals surface area contributed by atoms with Crippen molar-refractivity contribution in [2.45, 2.75) is 37.9 Å². The van der Waals surface area contributed by atoms with Crippen LogP contribution in [0.1, 0.15) is 25.7 Å². The highest BCUT2D eigenvalue weighted by molar-refractivity contribution is 4.78. The molecule has 0 spiro atoms. The summed E-state index contributed by atoms with van der Waals surface area (Å²) >= 11 is 0. The lowest BCUT2D eigenvalue weighted by Gasteiger charge is -2.22. The smallest absolute Gasteiger partial charge is 0.100 e. The first kappa shape index (κ1) is 9.96. The van der Waals surface area contributed by atoms with Gasteiger partial charge < -0.3 is 14.9 Å². The Balaban J connectivity index is 2.05. The second-order valence-corrected chi connectivity index (χ2v) is 3.25. The molecule has 1 saturated carbocycles. The lowest BCUT2D eigenvalue weighted by atomic mass is 9.98. The monoisotopic (exact) mass is 173 g/mol. The summed E-state index contributed by atoms with van der Waals surface area (Å²) in [7, 11) is 0. The Labute approximate surface area is 73.4 Å². The van der Waals surface area contributed by atoms with Crippen molar-refractivity contribution < 1.29 is 14.9 Å². The third kappa shape index (κ3) is 3.52. The SMILES string of the molecule is OCC(O)COC1C[CH]CCC1. The van der Waals surface area contributed by atoms with E-state index in [0.29, 0.717) is 0 Å². The zero-order valence-corrected chi connectivity index (χ0v) is 7.28. The van der Waals surface area contributed by atoms with Gasteiger partial charge in [0.25, 0.3) is 0 Å². The largest absolute Gasteiger partial charge is 0.394 e. The fourth-order valence-electron chi connectivity index (χ4n) is 1.36. The third-order valence-corrected chi connectivity index (χ3v) is 2.10. The molecule has 1 rings (SSSR count). The highest BCUT2D eigenvalue weighted by Crippen LogP contribution is 2.19. The van der Waals surface area contributed by atoms with Crippen molar-refractivity contribution in [3.63, 3.8) is 0 Å². The number of hydrogen-bond acceptors (Lipinski definition) is 3. The number of aliphatic hydroxyl groups excluding tert-OH is 2. The standard InChI is InChI=1S/C9H17O3/c10-6-8(11)7-12-9-4-2-1-3-5-9/h2,8-11H,1,3-7H2. The first-order valence-corrected chi connectivity index (χ1v) is 4.55. The minimum Gasteiger partial charge on any atom is -0.394 e. The molecule has 0 aromatic carbocycles. The van der Waals surface area contributed by atoms with Crippen molar-refractivity contribution in [3.05, 3.63) is 6.42 Å². The van der Waals surface area contributed by atoms with Crippen LogP contribution < -0.4 is 0 Å². The topological polar surface area (TPSA) is 49.7 Å². The molecule has 0 bridgehead atoms. The van der Waals surface area contributed by atoms with Crippen LogP contribution in [0.15, 0.2) is 0 Å². The van der Waals surface area contributed by atoms with Crippen molar-refractivity contribution in [2.24, 2.45) is 0 Å². The van der Waals surface area contributed by atoms with Gasteiger partial charge in [-0.25, -0.2) is 0 Å². The molecule has 1 radical (unpaired) electrons. The maximum absolute atomic E-state index is 9.00. The molecule has 2 N–H and O–H groups in total. The third-order valence-electron chi connectivity index (χ3n) is 2.10. The molecule has 1 aliphatic rings. The maximum Gasteiger partial charge on any atom is 0.100 e. The molecule has 2 atom stereocenters. The lowest BCUT2D eigenvalue weighted by molar-refractivity contribution is -0.0348. The molecule has 1 fully saturated rings. The summed E-state index contributed by atoms with van der Waals surface area (Å²) in [5.74, 6) is 0. The second kappa shape index (κ2) is 5.51. The Kier molecular flexibility index (Phi) is 4.58. The van der Waals surface area contributed by atoms with Crippen LogP contribution in [-0.4, -0.2) is 35.6 Å². The van der Waals surface area contributed by atoms with E-state index in [0.717, 1.165) is 12.8 Å². The molecule has 0 aromatic heterocycles. The molecule has 1 aliphatic carbocycles. The van der Waals surface area contributed by atoms with Crippen LogP contribution in [0.4, 0.5) is 0 Å². The Bertz CT molecular complexity index is 110. The van der Waals surface area contributed by atoms with Gasteiger partial charge >= 0.3 is 0 Å². The van der Waals surface area contributed by atoms with Gasteiger partial charge in [-0.1, -0.05) is 6.42 Å². The molecule has 71 valence electrons. The molecular weight excluding hydrogens is 156 g/mol. The number of ether oxygens (including phenoxy) is 1. The van der Waals surface area contributed by atoms with E-state index in [1.807, 2.05) is 0 Å². The Morgan fingerprint density at radius 3 is 3.00 bits per heavy atom. The van der Waals surface area contributed by atoms with Gasteiger partial charge in [-0.15, -0.1) is 0 Å². The first-order valence-electron chi connectivity index (χ1n) is 4.55. The molecule has 2 unspecified atom stereocenters. The molecular formula is C9H17O3. The van der Waals surface area contributed by atoms with Gasteiger partial charge in [0.05, 0.1) is 19.3 Å². The van der Waals surface area contributed by atoms with Gasteiger partial charge in [0.15, 0.2) is 0 Å². The fraction of sp³-hybridized carbons (Fsp3) is 0.889. The second-order valence-electron chi connectivity index (χ2n) is 3.25. The summed E-state index contributed by atoms with van der Waals surface area (Å²) in [4.78, 5) is 0. The Morgan fingerprint density at radius 2 is 2.42 bits per heavy atom. The predicted molar refractivity (Wildman–Crippen MR) is 45.6 cm³/mol. The predicted octanol–water partition coefficient (Wildman–Crippen LogP) is 0.503. The summed E-state index contributed by atoms with van der Waals surface area (Å²) in [6, 6.07) is 0. The molecule has 12 heavy (non-hydrogen) atoms. The summed E-state index contributed by atoms with van der Waals surface area (Å²) < 4.78 is 5.39. The van der Waals surface area contributed by atoms with Crippen LogP contribution in [-0.2, 0) is 4.74 Å². The van der Waals surface area contributed by atoms with Crippen LogP contribution in [0, 0.1) is 6.42 Å². The minimum atomic E-state index is -0.716. The van der Waals surface area contributed by atoms with E-state index < -0.39 is 6.10 Å². The highest BCUT2D eigenvalue weighted by Gasteiger charge is 2.14. The van der Waals surface area contributed by atoms with E-state index in [9.17, 15) is 0 Å². The molecule has 3 heteroatoms. The first-order chi connectivity index (χ1) is 5.83. The van der Waals surface area contributed by atoms with Gasteiger partial charge in [0.2, 0.25) is 0 Å². The molecule has 0 aliphatic heterocycles. The van der Waals surface area contributed by atoms with Gasteiger partial charge in [0, 0.05) is 0 Å². The van der Waals surface area contributed by atoms with Crippen molar-refractivity contribution in [1.29, 1.82) is 0 Å². The quantitative estimate of drug-likeness (QED) is 0.651. The van der Waals surface area contributed by atoms with Crippen molar-refractivity contribution in [1.82, 2.24) is 0 Å². The van der Waals surface area contributed by atoms with Crippen molar-refractivity contribution in [2.75, 3.05) is 13.2 Å². The zero-order chi connectivity index (χ0) is 8.81. The Morgan fingerprint density at radius 1 is 1.58 bits per heavy atom. The van der Waals surface area contributed by atoms with Crippen molar-refractivity contribution in [3.8, 4) is 0 Å². The van der Waals surface area contributed by atoms with E-state index >= 15 is 0 Å². The van der Waals surface area contributed by atoms with Crippen LogP contribution in [0.2, 0.25) is 0 Å². The van der Waals surface area contributed by atoms with E-state index in [1.54, 1.807) is 0 Å². The van der Waals surface area contributed by atoms with Gasteiger partial charge in [0.1, 0.15) is 6.10 Å². The van der Waals surface area contributed by atoms with E-state index in [1.165, 1.54) is 12.8 Å². The van der Waals surface area contributed by atoms with Crippen LogP contribution >= 0.6 is 0 Å². The van der Waals surface area contributed by atoms with Gasteiger partial charge in [-0.3, -0.25) is 0 Å². The molecule has 3 nitrogen and oxygen atoms in total. The van der Waals surface area contributed by atoms with Gasteiger partial charge in [-0.05, 0) is 25.7 Å².